The zero-order valence-electron chi connectivity index (χ0n) is 9.31. The minimum Gasteiger partial charge on any atom is -0.481 e. The second-order valence-corrected chi connectivity index (χ2v) is 4.64. The van der Waals surface area contributed by atoms with Gasteiger partial charge in [0.05, 0.1) is 10.9 Å². The van der Waals surface area contributed by atoms with Crippen LogP contribution in [0.1, 0.15) is 23.8 Å². The van der Waals surface area contributed by atoms with Gasteiger partial charge in [0, 0.05) is 18.8 Å². The molecule has 5 nitrogen and oxygen atoms in total. The Hall–Kier alpha value is -1.49. The molecule has 6 heteroatoms. The summed E-state index contributed by atoms with van der Waals surface area (Å²) >= 11 is 5.73. The summed E-state index contributed by atoms with van der Waals surface area (Å²) < 4.78 is 0. The van der Waals surface area contributed by atoms with E-state index in [1.165, 1.54) is 6.20 Å². The first-order chi connectivity index (χ1) is 8.00. The van der Waals surface area contributed by atoms with Crippen LogP contribution in [0.25, 0.3) is 0 Å². The van der Waals surface area contributed by atoms with Gasteiger partial charge in [0.25, 0.3) is 5.91 Å². The normalized spacial score (nSPS) is 24.0. The number of rotatable bonds is 2. The third-order valence-corrected chi connectivity index (χ3v) is 3.43. The fraction of sp³-hybridized carbons (Fsp3) is 0.455. The van der Waals surface area contributed by atoms with E-state index in [4.69, 9.17) is 16.7 Å². The van der Waals surface area contributed by atoms with Crippen LogP contribution < -0.4 is 0 Å². The molecule has 2 rings (SSSR count). The monoisotopic (exact) mass is 256 g/mol. The molecule has 0 aliphatic carbocycles. The van der Waals surface area contributed by atoms with E-state index in [-0.39, 0.29) is 11.9 Å². The minimum absolute atomic E-state index is 0.201. The number of nitrogens with one attached hydrogen (secondary N) is 1. The molecule has 1 saturated heterocycles. The maximum absolute atomic E-state index is 12.1. The highest BCUT2D eigenvalue weighted by atomic mass is 35.5. The van der Waals surface area contributed by atoms with Crippen LogP contribution in [0.3, 0.4) is 0 Å². The molecule has 0 saturated carbocycles. The van der Waals surface area contributed by atoms with Crippen LogP contribution in [0.5, 0.6) is 0 Å². The Morgan fingerprint density at radius 1 is 1.59 bits per heavy atom. The fourth-order valence-electron chi connectivity index (χ4n) is 2.20. The molecule has 92 valence electrons. The van der Waals surface area contributed by atoms with Gasteiger partial charge >= 0.3 is 5.97 Å². The largest absolute Gasteiger partial charge is 0.481 e. The fourth-order valence-corrected chi connectivity index (χ4v) is 2.37. The number of aromatic nitrogens is 1. The highest BCUT2D eigenvalue weighted by Crippen LogP contribution is 2.26. The first-order valence-electron chi connectivity index (χ1n) is 5.38. The van der Waals surface area contributed by atoms with Crippen molar-refractivity contribution in [1.29, 1.82) is 0 Å². The van der Waals surface area contributed by atoms with E-state index in [1.54, 1.807) is 17.9 Å². The standard InChI is InChI=1S/C11H13ClN2O3/c1-6-8(11(16)17)2-3-14(6)10(15)9-4-7(12)5-13-9/h4-6,8,13H,2-3H2,1H3,(H,16,17). The van der Waals surface area contributed by atoms with E-state index in [1.807, 2.05) is 0 Å². The van der Waals surface area contributed by atoms with Gasteiger partial charge in [-0.1, -0.05) is 11.6 Å². The van der Waals surface area contributed by atoms with Gasteiger partial charge in [-0.15, -0.1) is 0 Å². The third kappa shape index (κ3) is 2.15. The Balaban J connectivity index is 2.14. The molecule has 17 heavy (non-hydrogen) atoms. The molecule has 0 spiro atoms. The Kier molecular flexibility index (Phi) is 3.11. The quantitative estimate of drug-likeness (QED) is 0.844. The summed E-state index contributed by atoms with van der Waals surface area (Å²) in [5.41, 5.74) is 0.396. The smallest absolute Gasteiger partial charge is 0.308 e. The van der Waals surface area contributed by atoms with Crippen LogP contribution in [-0.4, -0.2) is 39.5 Å². The van der Waals surface area contributed by atoms with Crippen molar-refractivity contribution in [2.75, 3.05) is 6.54 Å². The van der Waals surface area contributed by atoms with Crippen molar-refractivity contribution in [3.8, 4) is 0 Å². The number of hydrogen-bond acceptors (Lipinski definition) is 2. The molecule has 2 unspecified atom stereocenters. The number of carbonyl (C=O) groups is 2. The van der Waals surface area contributed by atoms with Crippen LogP contribution in [0, 0.1) is 5.92 Å². The molecular formula is C11H13ClN2O3. The maximum atomic E-state index is 12.1. The lowest BCUT2D eigenvalue weighted by molar-refractivity contribution is -0.142. The second kappa shape index (κ2) is 4.41. The summed E-state index contributed by atoms with van der Waals surface area (Å²) in [5.74, 6) is -1.53. The molecule has 1 amide bonds. The number of carboxylic acids is 1. The number of amides is 1. The summed E-state index contributed by atoms with van der Waals surface area (Å²) in [7, 11) is 0. The molecule has 1 fully saturated rings. The van der Waals surface area contributed by atoms with Crippen molar-refractivity contribution in [2.24, 2.45) is 5.92 Å². The van der Waals surface area contributed by atoms with E-state index >= 15 is 0 Å². The number of likely N-dealkylation sites (tertiary alicyclic amines) is 1. The highest BCUT2D eigenvalue weighted by molar-refractivity contribution is 6.30. The number of nitrogens with zero attached hydrogens (tertiary/aromatic N) is 1. The molecule has 1 aliphatic heterocycles. The van der Waals surface area contributed by atoms with E-state index in [0.29, 0.717) is 23.7 Å². The van der Waals surface area contributed by atoms with Crippen LogP contribution in [0.4, 0.5) is 0 Å². The van der Waals surface area contributed by atoms with Crippen LogP contribution in [0.15, 0.2) is 12.3 Å². The Labute approximate surface area is 103 Å². The van der Waals surface area contributed by atoms with E-state index in [9.17, 15) is 9.59 Å². The van der Waals surface area contributed by atoms with Crippen molar-refractivity contribution < 1.29 is 14.7 Å². The van der Waals surface area contributed by atoms with Gasteiger partial charge in [-0.3, -0.25) is 9.59 Å². The van der Waals surface area contributed by atoms with E-state index < -0.39 is 11.9 Å². The molecule has 0 radical (unpaired) electrons. The van der Waals surface area contributed by atoms with Crippen molar-refractivity contribution in [1.82, 2.24) is 9.88 Å². The summed E-state index contributed by atoms with van der Waals surface area (Å²) in [6.07, 6.45) is 2.03. The number of hydrogen-bond donors (Lipinski definition) is 2. The van der Waals surface area contributed by atoms with Gasteiger partial charge in [0.15, 0.2) is 0 Å². The lowest BCUT2D eigenvalue weighted by Gasteiger charge is -2.22. The van der Waals surface area contributed by atoms with Crippen molar-refractivity contribution in [3.05, 3.63) is 23.0 Å². The van der Waals surface area contributed by atoms with E-state index in [2.05, 4.69) is 4.98 Å². The Bertz CT molecular complexity index is 457. The average Bonchev–Trinajstić information content (AvgIpc) is 2.83. The third-order valence-electron chi connectivity index (χ3n) is 3.21. The molecule has 2 N–H and O–H groups in total. The van der Waals surface area contributed by atoms with Crippen LogP contribution in [0.2, 0.25) is 5.02 Å². The highest BCUT2D eigenvalue weighted by Gasteiger charge is 2.38. The molecule has 1 aliphatic rings. The first kappa shape index (κ1) is 12.0. The molecular weight excluding hydrogens is 244 g/mol. The lowest BCUT2D eigenvalue weighted by Crippen LogP contribution is -2.37. The maximum Gasteiger partial charge on any atom is 0.308 e. The van der Waals surface area contributed by atoms with Crippen molar-refractivity contribution in [3.63, 3.8) is 0 Å². The van der Waals surface area contributed by atoms with Gasteiger partial charge in [-0.05, 0) is 19.4 Å². The molecule has 2 atom stereocenters. The molecule has 0 aromatic carbocycles. The van der Waals surface area contributed by atoms with Gasteiger partial charge in [-0.25, -0.2) is 0 Å². The summed E-state index contributed by atoms with van der Waals surface area (Å²) in [4.78, 5) is 27.4. The van der Waals surface area contributed by atoms with Crippen molar-refractivity contribution >= 4 is 23.5 Å². The second-order valence-electron chi connectivity index (χ2n) is 4.20. The summed E-state index contributed by atoms with van der Waals surface area (Å²) in [5, 5.41) is 9.46. The van der Waals surface area contributed by atoms with E-state index in [0.717, 1.165) is 0 Å². The minimum atomic E-state index is -0.850. The van der Waals surface area contributed by atoms with Crippen molar-refractivity contribution in [2.45, 2.75) is 19.4 Å². The topological polar surface area (TPSA) is 73.4 Å². The first-order valence-corrected chi connectivity index (χ1v) is 5.76. The van der Waals surface area contributed by atoms with Gasteiger partial charge in [0.2, 0.25) is 0 Å². The van der Waals surface area contributed by atoms with Crippen LogP contribution >= 0.6 is 11.6 Å². The predicted molar refractivity (Wildman–Crippen MR) is 62.0 cm³/mol. The molecule has 2 heterocycles. The van der Waals surface area contributed by atoms with Crippen LogP contribution in [-0.2, 0) is 4.79 Å². The zero-order valence-corrected chi connectivity index (χ0v) is 10.1. The number of carbonyl (C=O) groups excluding carboxylic acids is 1. The number of carboxylic acid groups (broad SMARTS) is 1. The van der Waals surface area contributed by atoms with Gasteiger partial charge < -0.3 is 15.0 Å². The molecule has 1 aromatic heterocycles. The number of halogens is 1. The summed E-state index contributed by atoms with van der Waals surface area (Å²) in [6.45, 7) is 2.22. The zero-order chi connectivity index (χ0) is 12.6. The number of aliphatic carboxylic acids is 1. The average molecular weight is 257 g/mol. The Morgan fingerprint density at radius 3 is 2.76 bits per heavy atom. The van der Waals surface area contributed by atoms with Gasteiger partial charge in [0.1, 0.15) is 5.69 Å². The lowest BCUT2D eigenvalue weighted by atomic mass is 10.0. The Morgan fingerprint density at radius 2 is 2.29 bits per heavy atom. The number of aromatic amines is 1. The predicted octanol–water partition coefficient (Wildman–Crippen LogP) is 1.60. The number of H-pyrrole nitrogens is 1. The molecule has 1 aromatic rings. The SMILES string of the molecule is CC1C(C(=O)O)CCN1C(=O)c1cc(Cl)c[nH]1. The van der Waals surface area contributed by atoms with Gasteiger partial charge in [-0.2, -0.15) is 0 Å². The molecule has 0 bridgehead atoms. The summed E-state index contributed by atoms with van der Waals surface area (Å²) in [6, 6.07) is 1.26.